The first kappa shape index (κ1) is 8.49. The molecule has 1 amide bonds. The Bertz CT molecular complexity index is 484. The third-order valence-corrected chi connectivity index (χ3v) is 1.51. The van der Waals surface area contributed by atoms with E-state index in [1.807, 2.05) is 0 Å². The smallest absolute Gasteiger partial charge is 0.231 e. The van der Waals surface area contributed by atoms with E-state index in [1.54, 1.807) is 6.20 Å². The van der Waals surface area contributed by atoms with Crippen molar-refractivity contribution in [3.63, 3.8) is 0 Å². The van der Waals surface area contributed by atoms with Crippen LogP contribution in [0.2, 0.25) is 0 Å². The summed E-state index contributed by atoms with van der Waals surface area (Å²) >= 11 is 0. The molecule has 70 valence electrons. The van der Waals surface area contributed by atoms with E-state index in [2.05, 4.69) is 25.3 Å². The van der Waals surface area contributed by atoms with E-state index in [0.717, 1.165) is 0 Å². The van der Waals surface area contributed by atoms with Crippen molar-refractivity contribution < 1.29 is 4.79 Å². The number of carbonyl (C=O) groups excluding carboxylic acids is 1. The van der Waals surface area contributed by atoms with E-state index < -0.39 is 0 Å². The van der Waals surface area contributed by atoms with E-state index in [9.17, 15) is 4.79 Å². The molecule has 2 rings (SSSR count). The molecule has 0 aromatic carbocycles. The highest BCUT2D eigenvalue weighted by molar-refractivity contribution is 5.87. The van der Waals surface area contributed by atoms with Crippen LogP contribution in [0.15, 0.2) is 18.6 Å². The van der Waals surface area contributed by atoms with Crippen molar-refractivity contribution in [2.24, 2.45) is 0 Å². The molecule has 0 bridgehead atoms. The van der Waals surface area contributed by atoms with Gasteiger partial charge in [-0.3, -0.25) is 10.1 Å². The third kappa shape index (κ3) is 1.63. The van der Waals surface area contributed by atoms with Crippen molar-refractivity contribution in [2.45, 2.75) is 6.92 Å². The van der Waals surface area contributed by atoms with Crippen LogP contribution in [0.4, 0.5) is 5.95 Å². The Hall–Kier alpha value is -2.11. The molecule has 0 saturated carbocycles. The van der Waals surface area contributed by atoms with Crippen LogP contribution in [0.1, 0.15) is 6.92 Å². The third-order valence-electron chi connectivity index (χ3n) is 1.51. The molecule has 14 heavy (non-hydrogen) atoms. The first-order chi connectivity index (χ1) is 6.75. The zero-order chi connectivity index (χ0) is 9.97. The maximum Gasteiger partial charge on any atom is 0.231 e. The summed E-state index contributed by atoms with van der Waals surface area (Å²) < 4.78 is 0. The Labute approximate surface area is 79.4 Å². The minimum absolute atomic E-state index is 0.215. The Kier molecular flexibility index (Phi) is 2.02. The number of nitrogens with zero attached hydrogens (tertiary/aromatic N) is 4. The lowest BCUT2D eigenvalue weighted by atomic mass is 10.5. The second kappa shape index (κ2) is 3.33. The molecule has 0 aliphatic rings. The van der Waals surface area contributed by atoms with Crippen LogP contribution >= 0.6 is 0 Å². The molecule has 0 aliphatic heterocycles. The quantitative estimate of drug-likeness (QED) is 0.701. The van der Waals surface area contributed by atoms with Crippen molar-refractivity contribution in [3.05, 3.63) is 18.6 Å². The Morgan fingerprint density at radius 1 is 1.29 bits per heavy atom. The SMILES string of the molecule is CC(=O)Nc1ncc2nccnc2n1. The predicted molar refractivity (Wildman–Crippen MR) is 49.4 cm³/mol. The summed E-state index contributed by atoms with van der Waals surface area (Å²) in [6.07, 6.45) is 4.61. The molecule has 0 spiro atoms. The zero-order valence-electron chi connectivity index (χ0n) is 7.43. The number of rotatable bonds is 1. The van der Waals surface area contributed by atoms with Gasteiger partial charge in [0.05, 0.1) is 6.20 Å². The largest absolute Gasteiger partial charge is 0.295 e. The molecule has 2 aromatic rings. The first-order valence-corrected chi connectivity index (χ1v) is 3.97. The molecule has 2 aromatic heterocycles. The van der Waals surface area contributed by atoms with Gasteiger partial charge in [0.1, 0.15) is 5.52 Å². The van der Waals surface area contributed by atoms with Crippen molar-refractivity contribution in [1.29, 1.82) is 0 Å². The maximum atomic E-state index is 10.7. The molecule has 0 unspecified atom stereocenters. The lowest BCUT2D eigenvalue weighted by Crippen LogP contribution is -2.09. The van der Waals surface area contributed by atoms with Gasteiger partial charge in [0.25, 0.3) is 0 Å². The Balaban J connectivity index is 2.46. The van der Waals surface area contributed by atoms with Crippen molar-refractivity contribution in [2.75, 3.05) is 5.32 Å². The van der Waals surface area contributed by atoms with Gasteiger partial charge >= 0.3 is 0 Å². The van der Waals surface area contributed by atoms with E-state index in [1.165, 1.54) is 19.3 Å². The molecule has 0 atom stereocenters. The van der Waals surface area contributed by atoms with Crippen LogP contribution in [0.25, 0.3) is 11.2 Å². The van der Waals surface area contributed by atoms with Crippen molar-refractivity contribution in [1.82, 2.24) is 19.9 Å². The van der Waals surface area contributed by atoms with Gasteiger partial charge in [-0.25, -0.2) is 15.0 Å². The molecular weight excluding hydrogens is 182 g/mol. The molecule has 1 N–H and O–H groups in total. The van der Waals surface area contributed by atoms with E-state index >= 15 is 0 Å². The monoisotopic (exact) mass is 189 g/mol. The highest BCUT2D eigenvalue weighted by Gasteiger charge is 2.01. The molecule has 0 fully saturated rings. The molecule has 6 heteroatoms. The molecular formula is C8H7N5O. The zero-order valence-corrected chi connectivity index (χ0v) is 7.43. The van der Waals surface area contributed by atoms with Crippen molar-refractivity contribution >= 4 is 23.0 Å². The number of nitrogens with one attached hydrogen (secondary N) is 1. The topological polar surface area (TPSA) is 80.7 Å². The standard InChI is InChI=1S/C8H7N5O/c1-5(14)12-8-11-4-6-7(13-8)10-3-2-9-6/h2-4H,1H3,(H,10,11,12,13,14). The van der Waals surface area contributed by atoms with E-state index in [4.69, 9.17) is 0 Å². The summed E-state index contributed by atoms with van der Waals surface area (Å²) in [4.78, 5) is 26.6. The van der Waals surface area contributed by atoms with Gasteiger partial charge < -0.3 is 0 Å². The van der Waals surface area contributed by atoms with Crippen LogP contribution in [0, 0.1) is 0 Å². The normalized spacial score (nSPS) is 10.1. The van der Waals surface area contributed by atoms with Crippen LogP contribution in [0.5, 0.6) is 0 Å². The van der Waals surface area contributed by atoms with Crippen LogP contribution in [0.3, 0.4) is 0 Å². The average molecular weight is 189 g/mol. The minimum Gasteiger partial charge on any atom is -0.295 e. The lowest BCUT2D eigenvalue weighted by Gasteiger charge is -1.99. The van der Waals surface area contributed by atoms with Gasteiger partial charge in [-0.15, -0.1) is 0 Å². The first-order valence-electron chi connectivity index (χ1n) is 3.97. The molecule has 6 nitrogen and oxygen atoms in total. The number of anilines is 1. The lowest BCUT2D eigenvalue weighted by molar-refractivity contribution is -0.114. The summed E-state index contributed by atoms with van der Waals surface area (Å²) in [6.45, 7) is 1.39. The Morgan fingerprint density at radius 3 is 2.86 bits per heavy atom. The maximum absolute atomic E-state index is 10.7. The number of carbonyl (C=O) groups is 1. The van der Waals surface area contributed by atoms with Gasteiger partial charge in [-0.05, 0) is 0 Å². The molecule has 2 heterocycles. The number of hydrogen-bond acceptors (Lipinski definition) is 5. The molecule has 0 aliphatic carbocycles. The highest BCUT2D eigenvalue weighted by atomic mass is 16.1. The van der Waals surface area contributed by atoms with Crippen molar-refractivity contribution in [3.8, 4) is 0 Å². The van der Waals surface area contributed by atoms with Gasteiger partial charge in [0.15, 0.2) is 5.65 Å². The fourth-order valence-corrected chi connectivity index (χ4v) is 0.988. The molecule has 0 radical (unpaired) electrons. The van der Waals surface area contributed by atoms with Crippen LogP contribution in [-0.4, -0.2) is 25.8 Å². The summed E-state index contributed by atoms with van der Waals surface area (Å²) in [6, 6.07) is 0. The van der Waals surface area contributed by atoms with Gasteiger partial charge in [0, 0.05) is 19.3 Å². The predicted octanol–water partition coefficient (Wildman–Crippen LogP) is 0.378. The fourth-order valence-electron chi connectivity index (χ4n) is 0.988. The number of aromatic nitrogens is 4. The summed E-state index contributed by atoms with van der Waals surface area (Å²) in [5, 5.41) is 2.47. The fraction of sp³-hybridized carbons (Fsp3) is 0.125. The van der Waals surface area contributed by atoms with Crippen LogP contribution in [-0.2, 0) is 4.79 Å². The van der Waals surface area contributed by atoms with E-state index in [-0.39, 0.29) is 11.9 Å². The molecule has 0 saturated heterocycles. The van der Waals surface area contributed by atoms with E-state index in [0.29, 0.717) is 11.2 Å². The minimum atomic E-state index is -0.215. The van der Waals surface area contributed by atoms with Crippen LogP contribution < -0.4 is 5.32 Å². The summed E-state index contributed by atoms with van der Waals surface area (Å²) in [5.41, 5.74) is 1.06. The van der Waals surface area contributed by atoms with Gasteiger partial charge in [-0.2, -0.15) is 4.98 Å². The number of amides is 1. The highest BCUT2D eigenvalue weighted by Crippen LogP contribution is 2.05. The summed E-state index contributed by atoms with van der Waals surface area (Å²) in [5.74, 6) is 0.0266. The average Bonchev–Trinajstić information content (AvgIpc) is 2.17. The Morgan fingerprint density at radius 2 is 2.07 bits per heavy atom. The number of fused-ring (bicyclic) bond motifs is 1. The van der Waals surface area contributed by atoms with Gasteiger partial charge in [-0.1, -0.05) is 0 Å². The summed E-state index contributed by atoms with van der Waals surface area (Å²) in [7, 11) is 0. The second-order valence-corrected chi connectivity index (χ2v) is 2.64. The van der Waals surface area contributed by atoms with Gasteiger partial charge in [0.2, 0.25) is 11.9 Å². The second-order valence-electron chi connectivity index (χ2n) is 2.64. The number of hydrogen-bond donors (Lipinski definition) is 1.